The maximum atomic E-state index is 13.6. The number of carbonyl (C=O) groups is 2. The molecule has 0 spiro atoms. The first-order valence-electron chi connectivity index (χ1n) is 10.1. The Kier molecular flexibility index (Phi) is 5.48. The fraction of sp³-hybridized carbons (Fsp3) is 0.208. The molecule has 0 saturated heterocycles. The molecule has 0 bridgehead atoms. The van der Waals surface area contributed by atoms with Crippen molar-refractivity contribution in [2.24, 2.45) is 0 Å². The van der Waals surface area contributed by atoms with E-state index in [1.807, 2.05) is 42.6 Å². The highest BCUT2D eigenvalue weighted by Gasteiger charge is 2.31. The van der Waals surface area contributed by atoms with Crippen molar-refractivity contribution in [3.8, 4) is 0 Å². The van der Waals surface area contributed by atoms with Gasteiger partial charge < -0.3 is 14.1 Å². The average Bonchev–Trinajstić information content (AvgIpc) is 3.52. The number of aromatic nitrogens is 1. The molecule has 162 valence electrons. The maximum absolute atomic E-state index is 13.6. The van der Waals surface area contributed by atoms with Crippen LogP contribution < -0.4 is 4.90 Å². The van der Waals surface area contributed by atoms with Crippen LogP contribution in [-0.4, -0.2) is 30.5 Å². The lowest BCUT2D eigenvalue weighted by atomic mass is 10.1. The molecule has 4 aromatic rings. The Labute approximate surface area is 193 Å². The van der Waals surface area contributed by atoms with Gasteiger partial charge in [0.25, 0.3) is 5.91 Å². The normalized spacial score (nSPS) is 12.9. The van der Waals surface area contributed by atoms with Gasteiger partial charge in [0.15, 0.2) is 5.76 Å². The van der Waals surface area contributed by atoms with Gasteiger partial charge in [-0.25, -0.2) is 9.78 Å². The summed E-state index contributed by atoms with van der Waals surface area (Å²) in [6.07, 6.45) is 0.675. The molecule has 6 nitrogen and oxygen atoms in total. The zero-order valence-corrected chi connectivity index (χ0v) is 19.2. The third-order valence-electron chi connectivity index (χ3n) is 5.47. The van der Waals surface area contributed by atoms with Crippen LogP contribution in [0.25, 0.3) is 11.0 Å². The molecule has 32 heavy (non-hydrogen) atoms. The van der Waals surface area contributed by atoms with Gasteiger partial charge in [0.05, 0.1) is 12.7 Å². The number of carbonyl (C=O) groups excluding carboxylic acids is 2. The van der Waals surface area contributed by atoms with E-state index in [0.29, 0.717) is 35.6 Å². The molecule has 5 rings (SSSR count). The standard InChI is InChI=1S/C24H20N2O4S2/c1-14-12-31-24(25-14)32-13-18-17-5-3-4-6-20(17)30-21(18)22(27)26-10-9-15-11-16(23(28)29-2)7-8-19(15)26/h3-8,11-12H,9-10,13H2,1-2H3. The number of esters is 1. The summed E-state index contributed by atoms with van der Waals surface area (Å²) in [5.41, 5.74) is 4.81. The van der Waals surface area contributed by atoms with E-state index in [0.717, 1.165) is 32.2 Å². The number of para-hydroxylation sites is 1. The van der Waals surface area contributed by atoms with Gasteiger partial charge in [-0.1, -0.05) is 30.0 Å². The number of amides is 1. The van der Waals surface area contributed by atoms with Gasteiger partial charge in [0.2, 0.25) is 0 Å². The summed E-state index contributed by atoms with van der Waals surface area (Å²) in [4.78, 5) is 31.7. The number of methoxy groups -OCH3 is 1. The Morgan fingerprint density at radius 1 is 1.25 bits per heavy atom. The molecule has 8 heteroatoms. The number of anilines is 1. The number of nitrogens with zero attached hydrogens (tertiary/aromatic N) is 2. The Bertz CT molecular complexity index is 1340. The van der Waals surface area contributed by atoms with Crippen LogP contribution in [-0.2, 0) is 16.9 Å². The van der Waals surface area contributed by atoms with Crippen LogP contribution in [0.2, 0.25) is 0 Å². The number of furan rings is 1. The highest BCUT2D eigenvalue weighted by atomic mass is 32.2. The van der Waals surface area contributed by atoms with Crippen LogP contribution in [0, 0.1) is 6.92 Å². The molecule has 2 aromatic carbocycles. The highest BCUT2D eigenvalue weighted by Crippen LogP contribution is 2.36. The van der Waals surface area contributed by atoms with Crippen LogP contribution in [0.5, 0.6) is 0 Å². The number of ether oxygens (including phenoxy) is 1. The molecule has 1 amide bonds. The third-order valence-corrected chi connectivity index (χ3v) is 7.64. The Morgan fingerprint density at radius 3 is 2.88 bits per heavy atom. The minimum atomic E-state index is -0.383. The SMILES string of the molecule is COC(=O)c1ccc2c(c1)CCN2C(=O)c1oc2ccccc2c1CSc1nc(C)cs1. The largest absolute Gasteiger partial charge is 0.465 e. The topological polar surface area (TPSA) is 72.6 Å². The van der Waals surface area contributed by atoms with Gasteiger partial charge in [-0.2, -0.15) is 0 Å². The fourth-order valence-electron chi connectivity index (χ4n) is 3.93. The molecule has 0 saturated carbocycles. The monoisotopic (exact) mass is 464 g/mol. The van der Waals surface area contributed by atoms with Crippen LogP contribution in [0.1, 0.15) is 37.7 Å². The smallest absolute Gasteiger partial charge is 0.337 e. The van der Waals surface area contributed by atoms with Crippen molar-refractivity contribution in [3.63, 3.8) is 0 Å². The Hall–Kier alpha value is -3.10. The molecule has 2 aromatic heterocycles. The summed E-state index contributed by atoms with van der Waals surface area (Å²) >= 11 is 3.21. The lowest BCUT2D eigenvalue weighted by Crippen LogP contribution is -2.29. The molecule has 1 aliphatic rings. The van der Waals surface area contributed by atoms with Crippen molar-refractivity contribution in [2.75, 3.05) is 18.6 Å². The summed E-state index contributed by atoms with van der Waals surface area (Å²) < 4.78 is 11.8. The van der Waals surface area contributed by atoms with Crippen molar-refractivity contribution in [3.05, 3.63) is 76.0 Å². The summed E-state index contributed by atoms with van der Waals surface area (Å²) in [5.74, 6) is 0.396. The number of rotatable bonds is 5. The molecular formula is C24H20N2O4S2. The number of thioether (sulfide) groups is 1. The molecule has 0 radical (unpaired) electrons. The van der Waals surface area contributed by atoms with E-state index in [-0.39, 0.29) is 11.9 Å². The third kappa shape index (κ3) is 3.69. The van der Waals surface area contributed by atoms with Crippen molar-refractivity contribution < 1.29 is 18.7 Å². The number of hydrogen-bond acceptors (Lipinski definition) is 7. The van der Waals surface area contributed by atoms with Crippen molar-refractivity contribution >= 4 is 51.6 Å². The minimum Gasteiger partial charge on any atom is -0.465 e. The summed E-state index contributed by atoms with van der Waals surface area (Å²) in [6.45, 7) is 2.51. The Balaban J connectivity index is 1.48. The first-order chi connectivity index (χ1) is 15.5. The van der Waals surface area contributed by atoms with Crippen LogP contribution in [0.4, 0.5) is 5.69 Å². The first kappa shape index (κ1) is 20.8. The fourth-order valence-corrected chi connectivity index (χ4v) is 5.80. The Morgan fingerprint density at radius 2 is 2.09 bits per heavy atom. The van der Waals surface area contributed by atoms with E-state index < -0.39 is 0 Å². The number of fused-ring (bicyclic) bond motifs is 2. The number of aryl methyl sites for hydroxylation is 1. The molecule has 0 N–H and O–H groups in total. The van der Waals surface area contributed by atoms with Crippen LogP contribution >= 0.6 is 23.1 Å². The number of benzene rings is 2. The van der Waals surface area contributed by atoms with Gasteiger partial charge in [-0.3, -0.25) is 4.79 Å². The predicted octanol–water partition coefficient (Wildman–Crippen LogP) is 5.48. The second-order valence-electron chi connectivity index (χ2n) is 7.49. The molecule has 0 atom stereocenters. The zero-order chi connectivity index (χ0) is 22.2. The number of thiazole rings is 1. The molecule has 3 heterocycles. The minimum absolute atomic E-state index is 0.170. The first-order valence-corrected chi connectivity index (χ1v) is 12.0. The zero-order valence-electron chi connectivity index (χ0n) is 17.6. The van der Waals surface area contributed by atoms with Crippen molar-refractivity contribution in [1.82, 2.24) is 4.98 Å². The van der Waals surface area contributed by atoms with E-state index in [2.05, 4.69) is 4.98 Å². The lowest BCUT2D eigenvalue weighted by molar-refractivity contribution is 0.0600. The van der Waals surface area contributed by atoms with E-state index in [9.17, 15) is 9.59 Å². The van der Waals surface area contributed by atoms with Gasteiger partial charge in [0.1, 0.15) is 9.92 Å². The van der Waals surface area contributed by atoms with Gasteiger partial charge in [0, 0.05) is 40.0 Å². The second kappa shape index (κ2) is 8.44. The quantitative estimate of drug-likeness (QED) is 0.288. The molecule has 0 fully saturated rings. The van der Waals surface area contributed by atoms with E-state index in [1.54, 1.807) is 40.1 Å². The molecule has 1 aliphatic heterocycles. The average molecular weight is 465 g/mol. The predicted molar refractivity (Wildman–Crippen MR) is 126 cm³/mol. The van der Waals surface area contributed by atoms with Crippen molar-refractivity contribution in [2.45, 2.75) is 23.4 Å². The van der Waals surface area contributed by atoms with Gasteiger partial charge >= 0.3 is 5.97 Å². The van der Waals surface area contributed by atoms with Crippen molar-refractivity contribution in [1.29, 1.82) is 0 Å². The van der Waals surface area contributed by atoms with Crippen LogP contribution in [0.3, 0.4) is 0 Å². The second-order valence-corrected chi connectivity index (χ2v) is 9.57. The highest BCUT2D eigenvalue weighted by molar-refractivity contribution is 8.00. The summed E-state index contributed by atoms with van der Waals surface area (Å²) in [6, 6.07) is 13.0. The van der Waals surface area contributed by atoms with Gasteiger partial charge in [-0.15, -0.1) is 11.3 Å². The molecule has 0 aliphatic carbocycles. The van der Waals surface area contributed by atoms with Crippen LogP contribution in [0.15, 0.2) is 56.6 Å². The lowest BCUT2D eigenvalue weighted by Gasteiger charge is -2.17. The molecular weight excluding hydrogens is 444 g/mol. The van der Waals surface area contributed by atoms with E-state index in [1.165, 1.54) is 7.11 Å². The summed E-state index contributed by atoms with van der Waals surface area (Å²) in [5, 5.41) is 2.96. The molecule has 0 unspecified atom stereocenters. The van der Waals surface area contributed by atoms with Gasteiger partial charge in [-0.05, 0) is 43.2 Å². The maximum Gasteiger partial charge on any atom is 0.337 e. The summed E-state index contributed by atoms with van der Waals surface area (Å²) in [7, 11) is 1.36. The number of hydrogen-bond donors (Lipinski definition) is 0. The van der Waals surface area contributed by atoms with E-state index >= 15 is 0 Å². The van der Waals surface area contributed by atoms with E-state index in [4.69, 9.17) is 9.15 Å².